The zero-order chi connectivity index (χ0) is 19.1. The Labute approximate surface area is 165 Å². The molecule has 2 saturated heterocycles. The minimum atomic E-state index is -0.240. The molecule has 3 fully saturated rings. The summed E-state index contributed by atoms with van der Waals surface area (Å²) < 4.78 is 25.5. The number of ether oxygens (including phenoxy) is 2. The van der Waals surface area contributed by atoms with Gasteiger partial charge in [-0.25, -0.2) is 4.39 Å². The van der Waals surface area contributed by atoms with E-state index in [4.69, 9.17) is 9.47 Å². The van der Waals surface area contributed by atoms with Gasteiger partial charge in [0.2, 0.25) is 5.91 Å². The van der Waals surface area contributed by atoms with Crippen molar-refractivity contribution in [2.24, 2.45) is 23.7 Å². The summed E-state index contributed by atoms with van der Waals surface area (Å²) in [4.78, 5) is 15.4. The maximum absolute atomic E-state index is 14.0. The van der Waals surface area contributed by atoms with E-state index in [9.17, 15) is 9.18 Å². The van der Waals surface area contributed by atoms with Gasteiger partial charge in [-0.1, -0.05) is 0 Å². The molecule has 0 aromatic heterocycles. The number of hydrogen-bond donors (Lipinski definition) is 1. The number of rotatable bonds is 5. The van der Waals surface area contributed by atoms with Crippen LogP contribution in [0.5, 0.6) is 5.75 Å². The fourth-order valence-electron chi connectivity index (χ4n) is 5.12. The number of carbonyl (C=O) groups excluding carboxylic acids is 1. The second-order valence-corrected chi connectivity index (χ2v) is 8.91. The van der Waals surface area contributed by atoms with Gasteiger partial charge in [-0.15, -0.1) is 0 Å². The highest BCUT2D eigenvalue weighted by Gasteiger charge is 2.49. The smallest absolute Gasteiger partial charge is 0.224 e. The number of carbonyl (C=O) groups is 1. The third-order valence-corrected chi connectivity index (χ3v) is 6.90. The summed E-state index contributed by atoms with van der Waals surface area (Å²) in [5.74, 6) is 1.88. The molecule has 5 nitrogen and oxygen atoms in total. The van der Waals surface area contributed by atoms with E-state index in [0.717, 1.165) is 57.0 Å². The van der Waals surface area contributed by atoms with Crippen LogP contribution in [0.25, 0.3) is 0 Å². The molecule has 0 unspecified atom stereocenters. The summed E-state index contributed by atoms with van der Waals surface area (Å²) in [7, 11) is 0. The molecule has 6 heteroatoms. The van der Waals surface area contributed by atoms with E-state index in [0.29, 0.717) is 18.4 Å². The Morgan fingerprint density at radius 2 is 2.00 bits per heavy atom. The first-order valence-electron chi connectivity index (χ1n) is 10.7. The molecule has 1 aromatic carbocycles. The molecule has 0 spiro atoms. The maximum Gasteiger partial charge on any atom is 0.224 e. The number of benzene rings is 1. The van der Waals surface area contributed by atoms with Gasteiger partial charge in [0.1, 0.15) is 11.6 Å². The fraction of sp³-hybridized carbons (Fsp3) is 0.682. The van der Waals surface area contributed by atoms with Gasteiger partial charge < -0.3 is 14.8 Å². The summed E-state index contributed by atoms with van der Waals surface area (Å²) in [6.45, 7) is 4.60. The number of hydrogen-bond acceptors (Lipinski definition) is 4. The predicted molar refractivity (Wildman–Crippen MR) is 102 cm³/mol. The van der Waals surface area contributed by atoms with Crippen molar-refractivity contribution >= 4 is 5.91 Å². The lowest BCUT2D eigenvalue weighted by molar-refractivity contribution is -0.126. The maximum atomic E-state index is 14.0. The van der Waals surface area contributed by atoms with Crippen LogP contribution in [-0.2, 0) is 9.53 Å². The van der Waals surface area contributed by atoms with E-state index < -0.39 is 0 Å². The molecule has 0 radical (unpaired) electrons. The molecule has 28 heavy (non-hydrogen) atoms. The van der Waals surface area contributed by atoms with Crippen molar-refractivity contribution in [3.63, 3.8) is 0 Å². The SMILES string of the molecule is O=C(NCC1CC1)[C@@H]1CN(CC2CCOCC2)[C@H]2c3cc(F)ccc3OC[C@@H]12. The van der Waals surface area contributed by atoms with E-state index in [1.165, 1.54) is 18.9 Å². The molecule has 1 aliphatic carbocycles. The van der Waals surface area contributed by atoms with E-state index in [2.05, 4.69) is 10.2 Å². The van der Waals surface area contributed by atoms with Crippen LogP contribution in [0.2, 0.25) is 0 Å². The lowest BCUT2D eigenvalue weighted by atomic mass is 9.84. The molecule has 3 heterocycles. The molecule has 3 aliphatic heterocycles. The van der Waals surface area contributed by atoms with Crippen molar-refractivity contribution in [3.05, 3.63) is 29.6 Å². The Morgan fingerprint density at radius 3 is 2.79 bits per heavy atom. The molecule has 4 aliphatic rings. The van der Waals surface area contributed by atoms with Crippen molar-refractivity contribution < 1.29 is 18.7 Å². The van der Waals surface area contributed by atoms with Crippen LogP contribution in [0.15, 0.2) is 18.2 Å². The van der Waals surface area contributed by atoms with Crippen LogP contribution >= 0.6 is 0 Å². The number of amides is 1. The highest BCUT2D eigenvalue weighted by molar-refractivity contribution is 5.80. The van der Waals surface area contributed by atoms with E-state index >= 15 is 0 Å². The van der Waals surface area contributed by atoms with Gasteiger partial charge >= 0.3 is 0 Å². The van der Waals surface area contributed by atoms with Crippen molar-refractivity contribution in [2.45, 2.75) is 31.7 Å². The van der Waals surface area contributed by atoms with Crippen LogP contribution < -0.4 is 10.1 Å². The van der Waals surface area contributed by atoms with Gasteiger partial charge in [-0.05, 0) is 55.7 Å². The average molecular weight is 388 g/mol. The van der Waals surface area contributed by atoms with Crippen molar-refractivity contribution in [1.82, 2.24) is 10.2 Å². The average Bonchev–Trinajstić information content (AvgIpc) is 3.47. The van der Waals surface area contributed by atoms with Gasteiger partial charge in [0.15, 0.2) is 0 Å². The summed E-state index contributed by atoms with van der Waals surface area (Å²) in [5, 5.41) is 3.16. The third-order valence-electron chi connectivity index (χ3n) is 6.90. The summed E-state index contributed by atoms with van der Waals surface area (Å²) >= 11 is 0. The predicted octanol–water partition coefficient (Wildman–Crippen LogP) is 2.76. The van der Waals surface area contributed by atoms with Crippen LogP contribution in [-0.4, -0.2) is 50.3 Å². The number of nitrogens with one attached hydrogen (secondary N) is 1. The van der Waals surface area contributed by atoms with Gasteiger partial charge in [0.05, 0.1) is 12.5 Å². The monoisotopic (exact) mass is 388 g/mol. The lowest BCUT2D eigenvalue weighted by Crippen LogP contribution is -2.38. The van der Waals surface area contributed by atoms with Gasteiger partial charge in [-0.3, -0.25) is 9.69 Å². The molecule has 1 saturated carbocycles. The summed E-state index contributed by atoms with van der Waals surface area (Å²) in [6.07, 6.45) is 4.56. The Morgan fingerprint density at radius 1 is 1.18 bits per heavy atom. The zero-order valence-electron chi connectivity index (χ0n) is 16.2. The minimum Gasteiger partial charge on any atom is -0.493 e. The van der Waals surface area contributed by atoms with E-state index in [1.54, 1.807) is 12.1 Å². The molecule has 3 atom stereocenters. The van der Waals surface area contributed by atoms with E-state index in [1.807, 2.05) is 0 Å². The first-order chi connectivity index (χ1) is 13.7. The normalized spacial score (nSPS) is 30.4. The Hall–Kier alpha value is -1.66. The molecule has 152 valence electrons. The van der Waals surface area contributed by atoms with Gasteiger partial charge in [0.25, 0.3) is 0 Å². The standard InChI is InChI=1S/C22H29FN2O3/c23-16-3-4-20-17(9-16)21-19(13-28-20)18(22(26)24-10-14-1-2-14)12-25(21)11-15-5-7-27-8-6-15/h3-4,9,14-15,18-19,21H,1-2,5-8,10-13H2,(H,24,26)/t18-,19+,21+/m1/s1. The van der Waals surface area contributed by atoms with Crippen molar-refractivity contribution in [1.29, 1.82) is 0 Å². The van der Waals surface area contributed by atoms with Gasteiger partial charge in [-0.2, -0.15) is 0 Å². The third kappa shape index (κ3) is 3.64. The fourth-order valence-corrected chi connectivity index (χ4v) is 5.12. The largest absolute Gasteiger partial charge is 0.493 e. The van der Waals surface area contributed by atoms with E-state index in [-0.39, 0.29) is 29.6 Å². The van der Waals surface area contributed by atoms with Crippen LogP contribution in [0.3, 0.4) is 0 Å². The molecule has 1 amide bonds. The first kappa shape index (κ1) is 18.4. The first-order valence-corrected chi connectivity index (χ1v) is 10.7. The second kappa shape index (κ2) is 7.64. The summed E-state index contributed by atoms with van der Waals surface area (Å²) in [5.41, 5.74) is 0.904. The topological polar surface area (TPSA) is 50.8 Å². The molecule has 0 bridgehead atoms. The molecular formula is C22H29FN2O3. The number of fused-ring (bicyclic) bond motifs is 3. The molecule has 1 N–H and O–H groups in total. The van der Waals surface area contributed by atoms with Crippen LogP contribution in [0, 0.1) is 29.5 Å². The zero-order valence-corrected chi connectivity index (χ0v) is 16.2. The quantitative estimate of drug-likeness (QED) is 0.843. The number of likely N-dealkylation sites (tertiary alicyclic amines) is 1. The Balaban J connectivity index is 1.39. The second-order valence-electron chi connectivity index (χ2n) is 8.91. The number of halogens is 1. The van der Waals surface area contributed by atoms with Crippen molar-refractivity contribution in [2.75, 3.05) is 39.5 Å². The highest BCUT2D eigenvalue weighted by Crippen LogP contribution is 2.48. The van der Waals surface area contributed by atoms with Gasteiger partial charge in [0, 0.05) is 50.4 Å². The highest BCUT2D eigenvalue weighted by atomic mass is 19.1. The van der Waals surface area contributed by atoms with Crippen LogP contribution in [0.1, 0.15) is 37.3 Å². The summed E-state index contributed by atoms with van der Waals surface area (Å²) in [6, 6.07) is 4.84. The molecular weight excluding hydrogens is 359 g/mol. The molecule has 5 rings (SSSR count). The van der Waals surface area contributed by atoms with Crippen LogP contribution in [0.4, 0.5) is 4.39 Å². The van der Waals surface area contributed by atoms with Crippen molar-refractivity contribution in [3.8, 4) is 5.75 Å². The lowest BCUT2D eigenvalue weighted by Gasteiger charge is -2.36. The molecule has 1 aromatic rings. The minimum absolute atomic E-state index is 0.0546. The Bertz CT molecular complexity index is 732. The Kier molecular flexibility index (Phi) is 5.01. The number of nitrogens with zero attached hydrogens (tertiary/aromatic N) is 1.